The van der Waals surface area contributed by atoms with Gasteiger partial charge in [0.2, 0.25) is 0 Å². The van der Waals surface area contributed by atoms with Crippen LogP contribution in [0.15, 0.2) is 33.6 Å². The number of benzene rings is 1. The van der Waals surface area contributed by atoms with Gasteiger partial charge in [-0.15, -0.1) is 0 Å². The van der Waals surface area contributed by atoms with Crippen LogP contribution in [0.3, 0.4) is 0 Å². The molecule has 0 unspecified atom stereocenters. The Hall–Kier alpha value is -2.12. The lowest BCUT2D eigenvalue weighted by atomic mass is 10.1. The van der Waals surface area contributed by atoms with Gasteiger partial charge in [0.15, 0.2) is 0 Å². The maximum Gasteiger partial charge on any atom is 0.303 e. The summed E-state index contributed by atoms with van der Waals surface area (Å²) >= 11 is 6.53. The van der Waals surface area contributed by atoms with E-state index < -0.39 is 5.97 Å². The molecule has 0 aliphatic carbocycles. The van der Waals surface area contributed by atoms with E-state index in [1.165, 1.54) is 16.7 Å². The van der Waals surface area contributed by atoms with Crippen molar-refractivity contribution < 1.29 is 19.1 Å². The molecule has 0 spiro atoms. The van der Waals surface area contributed by atoms with E-state index in [2.05, 4.69) is 0 Å². The number of carbonyl (C=O) groups excluding carboxylic acids is 1. The number of hydrogen-bond acceptors (Lipinski definition) is 5. The molecule has 1 aliphatic rings. The van der Waals surface area contributed by atoms with Crippen LogP contribution in [0.5, 0.6) is 0 Å². The van der Waals surface area contributed by atoms with E-state index in [1.807, 2.05) is 37.3 Å². The second-order valence-corrected chi connectivity index (χ2v) is 7.30. The number of aryl methyl sites for hydroxylation is 1. The maximum atomic E-state index is 12.6. The standard InChI is InChI=1S/C18H17NO4S2/c1-2-13-12(11-6-3-4-7-14(11)23-13)10-15-17(22)19(18(24)25-15)9-5-8-16(20)21/h3-4,6-7,10H,2,5,8-9H2,1H3,(H,20,21)/b15-10-. The summed E-state index contributed by atoms with van der Waals surface area (Å²) in [5, 5.41) is 9.71. The third-order valence-electron chi connectivity index (χ3n) is 3.95. The van der Waals surface area contributed by atoms with Crippen molar-refractivity contribution in [3.8, 4) is 0 Å². The van der Waals surface area contributed by atoms with E-state index in [9.17, 15) is 9.59 Å². The largest absolute Gasteiger partial charge is 0.481 e. The monoisotopic (exact) mass is 375 g/mol. The molecule has 0 radical (unpaired) electrons. The number of fused-ring (bicyclic) bond motifs is 1. The number of nitrogens with zero attached hydrogens (tertiary/aromatic N) is 1. The Kier molecular flexibility index (Phi) is 5.24. The summed E-state index contributed by atoms with van der Waals surface area (Å²) in [4.78, 5) is 25.3. The number of hydrogen-bond donors (Lipinski definition) is 1. The van der Waals surface area contributed by atoms with Crippen LogP contribution in [0.4, 0.5) is 0 Å². The zero-order valence-corrected chi connectivity index (χ0v) is 15.3. The number of para-hydroxylation sites is 1. The van der Waals surface area contributed by atoms with Gasteiger partial charge in [-0.05, 0) is 18.6 Å². The molecule has 1 aliphatic heterocycles. The van der Waals surface area contributed by atoms with E-state index in [4.69, 9.17) is 21.7 Å². The Labute approximate surface area is 154 Å². The molecular formula is C18H17NO4S2. The summed E-state index contributed by atoms with van der Waals surface area (Å²) in [5.41, 5.74) is 1.70. The Bertz CT molecular complexity index is 884. The third kappa shape index (κ3) is 3.62. The predicted molar refractivity (Wildman–Crippen MR) is 102 cm³/mol. The fourth-order valence-electron chi connectivity index (χ4n) is 2.75. The van der Waals surface area contributed by atoms with Crippen LogP contribution in [0, 0.1) is 0 Å². The highest BCUT2D eigenvalue weighted by atomic mass is 32.2. The number of carboxylic acids is 1. The number of carbonyl (C=O) groups is 2. The molecule has 3 rings (SSSR count). The average Bonchev–Trinajstić information content (AvgIpc) is 3.07. The molecule has 1 N–H and O–H groups in total. The second-order valence-electron chi connectivity index (χ2n) is 5.62. The number of thioether (sulfide) groups is 1. The maximum absolute atomic E-state index is 12.6. The molecule has 130 valence electrons. The van der Waals surface area contributed by atoms with Gasteiger partial charge < -0.3 is 9.52 Å². The first-order chi connectivity index (χ1) is 12.0. The lowest BCUT2D eigenvalue weighted by Crippen LogP contribution is -2.29. The topological polar surface area (TPSA) is 70.8 Å². The molecule has 25 heavy (non-hydrogen) atoms. The minimum atomic E-state index is -0.876. The molecule has 0 saturated carbocycles. The van der Waals surface area contributed by atoms with Crippen LogP contribution in [0.2, 0.25) is 0 Å². The molecule has 5 nitrogen and oxygen atoms in total. The van der Waals surface area contributed by atoms with Crippen LogP contribution >= 0.6 is 24.0 Å². The van der Waals surface area contributed by atoms with E-state index in [0.717, 1.165) is 28.7 Å². The molecule has 2 aromatic rings. The van der Waals surface area contributed by atoms with Crippen molar-refractivity contribution in [3.05, 3.63) is 40.5 Å². The van der Waals surface area contributed by atoms with Gasteiger partial charge in [-0.1, -0.05) is 49.1 Å². The fourth-order valence-corrected chi connectivity index (χ4v) is 4.04. The van der Waals surface area contributed by atoms with Crippen LogP contribution in [0.1, 0.15) is 31.1 Å². The average molecular weight is 375 g/mol. The highest BCUT2D eigenvalue weighted by Gasteiger charge is 2.32. The molecule has 2 heterocycles. The minimum absolute atomic E-state index is 0.0163. The quantitative estimate of drug-likeness (QED) is 0.606. The first kappa shape index (κ1) is 17.7. The number of carboxylic acid groups (broad SMARTS) is 1. The number of furan rings is 1. The number of amides is 1. The van der Waals surface area contributed by atoms with Gasteiger partial charge in [0.1, 0.15) is 15.7 Å². The normalized spacial score (nSPS) is 16.4. The van der Waals surface area contributed by atoms with E-state index in [-0.39, 0.29) is 12.3 Å². The Morgan fingerprint density at radius 1 is 1.40 bits per heavy atom. The van der Waals surface area contributed by atoms with Gasteiger partial charge in [-0.25, -0.2) is 0 Å². The summed E-state index contributed by atoms with van der Waals surface area (Å²) in [6, 6.07) is 7.73. The highest BCUT2D eigenvalue weighted by Crippen LogP contribution is 2.36. The second kappa shape index (κ2) is 7.41. The molecule has 1 aromatic carbocycles. The van der Waals surface area contributed by atoms with Gasteiger partial charge in [0.05, 0.1) is 4.91 Å². The van der Waals surface area contributed by atoms with Crippen molar-refractivity contribution in [2.75, 3.05) is 6.54 Å². The Balaban J connectivity index is 1.88. The first-order valence-corrected chi connectivity index (χ1v) is 9.21. The van der Waals surface area contributed by atoms with E-state index >= 15 is 0 Å². The van der Waals surface area contributed by atoms with Crippen molar-refractivity contribution in [1.82, 2.24) is 4.90 Å². The summed E-state index contributed by atoms with van der Waals surface area (Å²) in [5.74, 6) is -0.219. The molecule has 0 bridgehead atoms. The van der Waals surface area contributed by atoms with Gasteiger partial charge in [-0.2, -0.15) is 0 Å². The van der Waals surface area contributed by atoms with Crippen molar-refractivity contribution in [2.24, 2.45) is 0 Å². The zero-order valence-electron chi connectivity index (χ0n) is 13.7. The molecular weight excluding hydrogens is 358 g/mol. The molecule has 0 atom stereocenters. The molecule has 1 aromatic heterocycles. The van der Waals surface area contributed by atoms with Crippen LogP contribution < -0.4 is 0 Å². The smallest absolute Gasteiger partial charge is 0.303 e. The number of aliphatic carboxylic acids is 1. The summed E-state index contributed by atoms with van der Waals surface area (Å²) < 4.78 is 6.33. The Morgan fingerprint density at radius 3 is 2.88 bits per heavy atom. The molecule has 1 amide bonds. The van der Waals surface area contributed by atoms with Crippen molar-refractivity contribution in [1.29, 1.82) is 0 Å². The predicted octanol–water partition coefficient (Wildman–Crippen LogP) is 4.06. The lowest BCUT2D eigenvalue weighted by molar-refractivity contribution is -0.137. The summed E-state index contributed by atoms with van der Waals surface area (Å²) in [6.45, 7) is 2.33. The van der Waals surface area contributed by atoms with Crippen LogP contribution in [0.25, 0.3) is 17.0 Å². The van der Waals surface area contributed by atoms with Gasteiger partial charge >= 0.3 is 5.97 Å². The fraction of sp³-hybridized carbons (Fsp3) is 0.278. The van der Waals surface area contributed by atoms with Crippen LogP contribution in [-0.4, -0.2) is 32.7 Å². The Morgan fingerprint density at radius 2 is 2.16 bits per heavy atom. The summed E-state index contributed by atoms with van der Waals surface area (Å²) in [7, 11) is 0. The third-order valence-corrected chi connectivity index (χ3v) is 5.33. The lowest BCUT2D eigenvalue weighted by Gasteiger charge is -2.13. The minimum Gasteiger partial charge on any atom is -0.481 e. The first-order valence-electron chi connectivity index (χ1n) is 7.98. The molecule has 1 fully saturated rings. The van der Waals surface area contributed by atoms with Gasteiger partial charge in [0, 0.05) is 30.3 Å². The van der Waals surface area contributed by atoms with E-state index in [0.29, 0.717) is 22.2 Å². The van der Waals surface area contributed by atoms with Gasteiger partial charge in [-0.3, -0.25) is 14.5 Å². The number of thiocarbonyl (C=S) groups is 1. The van der Waals surface area contributed by atoms with Gasteiger partial charge in [0.25, 0.3) is 5.91 Å². The molecule has 7 heteroatoms. The highest BCUT2D eigenvalue weighted by molar-refractivity contribution is 8.26. The van der Waals surface area contributed by atoms with Crippen LogP contribution in [-0.2, 0) is 16.0 Å². The van der Waals surface area contributed by atoms with Crippen molar-refractivity contribution in [2.45, 2.75) is 26.2 Å². The summed E-state index contributed by atoms with van der Waals surface area (Å²) in [6.07, 6.45) is 2.95. The van der Waals surface area contributed by atoms with Crippen molar-refractivity contribution in [3.63, 3.8) is 0 Å². The van der Waals surface area contributed by atoms with Crippen molar-refractivity contribution >= 4 is 57.2 Å². The SMILES string of the molecule is CCc1oc2ccccc2c1/C=C1\SC(=S)N(CCCC(=O)O)C1=O. The number of rotatable bonds is 6. The van der Waals surface area contributed by atoms with E-state index in [1.54, 1.807) is 0 Å². The molecule has 1 saturated heterocycles. The zero-order chi connectivity index (χ0) is 18.0.